The molecule has 0 atom stereocenters. The van der Waals surface area contributed by atoms with Crippen LogP contribution in [0.25, 0.3) is 21.9 Å². The van der Waals surface area contributed by atoms with Crippen molar-refractivity contribution in [3.63, 3.8) is 0 Å². The lowest BCUT2D eigenvalue weighted by atomic mass is 10.1. The maximum atomic E-state index is 4.74. The summed E-state index contributed by atoms with van der Waals surface area (Å²) in [5, 5.41) is 3.34. The second kappa shape index (κ2) is 6.40. The van der Waals surface area contributed by atoms with Crippen LogP contribution in [0.5, 0.6) is 0 Å². The maximum absolute atomic E-state index is 4.74. The van der Waals surface area contributed by atoms with Crippen molar-refractivity contribution in [3.8, 4) is 0 Å². The van der Waals surface area contributed by atoms with Crippen molar-refractivity contribution in [2.45, 2.75) is 45.2 Å². The molecule has 3 heterocycles. The first kappa shape index (κ1) is 15.8. The van der Waals surface area contributed by atoms with Crippen molar-refractivity contribution >= 4 is 39.1 Å². The van der Waals surface area contributed by atoms with Crippen molar-refractivity contribution in [1.29, 1.82) is 0 Å². The molecule has 1 fully saturated rings. The van der Waals surface area contributed by atoms with Crippen LogP contribution in [0.4, 0.5) is 5.82 Å². The highest BCUT2D eigenvalue weighted by Gasteiger charge is 2.26. The second-order valence-corrected chi connectivity index (χ2v) is 8.27. The number of aryl methyl sites for hydroxylation is 1. The molecule has 1 aliphatic rings. The number of hydrogen-bond acceptors (Lipinski definition) is 4. The van der Waals surface area contributed by atoms with Crippen LogP contribution in [0.3, 0.4) is 0 Å². The number of benzene rings is 1. The van der Waals surface area contributed by atoms with E-state index in [4.69, 9.17) is 4.98 Å². The third-order valence-corrected chi connectivity index (χ3v) is 6.32. The molecule has 1 N–H and O–H groups in total. The SMILES string of the molecule is Cc1ccc2[nH]c3c(N(Cc4cccs4)C4CCCC4)ncnc3c2c1. The first-order chi connectivity index (χ1) is 12.8. The molecule has 0 unspecified atom stereocenters. The molecule has 0 radical (unpaired) electrons. The molecule has 0 aliphatic heterocycles. The third kappa shape index (κ3) is 2.67. The van der Waals surface area contributed by atoms with Crippen LogP contribution in [0.1, 0.15) is 36.1 Å². The molecule has 4 nitrogen and oxygen atoms in total. The van der Waals surface area contributed by atoms with Gasteiger partial charge in [0.25, 0.3) is 0 Å². The smallest absolute Gasteiger partial charge is 0.157 e. The normalized spacial score (nSPS) is 15.3. The number of nitrogens with zero attached hydrogens (tertiary/aromatic N) is 3. The lowest BCUT2D eigenvalue weighted by Crippen LogP contribution is -2.33. The van der Waals surface area contributed by atoms with Gasteiger partial charge in [-0.15, -0.1) is 11.3 Å². The molecule has 26 heavy (non-hydrogen) atoms. The van der Waals surface area contributed by atoms with Gasteiger partial charge in [-0.2, -0.15) is 0 Å². The highest BCUT2D eigenvalue weighted by molar-refractivity contribution is 7.09. The average molecular weight is 363 g/mol. The van der Waals surface area contributed by atoms with E-state index < -0.39 is 0 Å². The van der Waals surface area contributed by atoms with Crippen molar-refractivity contribution in [2.75, 3.05) is 4.90 Å². The van der Waals surface area contributed by atoms with Crippen LogP contribution in [-0.2, 0) is 6.54 Å². The fraction of sp³-hybridized carbons (Fsp3) is 0.333. The van der Waals surface area contributed by atoms with Gasteiger partial charge in [0.2, 0.25) is 0 Å². The van der Waals surface area contributed by atoms with Gasteiger partial charge in [-0.3, -0.25) is 0 Å². The molecule has 5 rings (SSSR count). The molecule has 132 valence electrons. The van der Waals surface area contributed by atoms with Crippen molar-refractivity contribution in [1.82, 2.24) is 15.0 Å². The predicted octanol–water partition coefficient (Wildman–Crippen LogP) is 5.43. The maximum Gasteiger partial charge on any atom is 0.157 e. The van der Waals surface area contributed by atoms with E-state index in [9.17, 15) is 0 Å². The van der Waals surface area contributed by atoms with Crippen LogP contribution in [-0.4, -0.2) is 21.0 Å². The van der Waals surface area contributed by atoms with Gasteiger partial charge in [0.05, 0.1) is 6.54 Å². The van der Waals surface area contributed by atoms with Crippen LogP contribution in [0.15, 0.2) is 42.0 Å². The molecular formula is C21H22N4S. The zero-order valence-electron chi connectivity index (χ0n) is 14.9. The largest absolute Gasteiger partial charge is 0.350 e. The van der Waals surface area contributed by atoms with Crippen LogP contribution >= 0.6 is 11.3 Å². The summed E-state index contributed by atoms with van der Waals surface area (Å²) >= 11 is 1.82. The fourth-order valence-corrected chi connectivity index (χ4v) is 4.88. The van der Waals surface area contributed by atoms with Gasteiger partial charge in [-0.05, 0) is 43.3 Å². The van der Waals surface area contributed by atoms with Crippen LogP contribution in [0.2, 0.25) is 0 Å². The van der Waals surface area contributed by atoms with Crippen molar-refractivity contribution in [3.05, 3.63) is 52.5 Å². The number of nitrogens with one attached hydrogen (secondary N) is 1. The van der Waals surface area contributed by atoms with Gasteiger partial charge >= 0.3 is 0 Å². The van der Waals surface area contributed by atoms with E-state index in [1.165, 1.54) is 41.5 Å². The first-order valence-corrected chi connectivity index (χ1v) is 10.2. The minimum Gasteiger partial charge on any atom is -0.350 e. The highest BCUT2D eigenvalue weighted by atomic mass is 32.1. The summed E-state index contributed by atoms with van der Waals surface area (Å²) in [6.07, 6.45) is 6.84. The summed E-state index contributed by atoms with van der Waals surface area (Å²) in [7, 11) is 0. The number of hydrogen-bond donors (Lipinski definition) is 1. The summed E-state index contributed by atoms with van der Waals surface area (Å²) in [6, 6.07) is 11.4. The van der Waals surface area contributed by atoms with Gasteiger partial charge < -0.3 is 9.88 Å². The van der Waals surface area contributed by atoms with E-state index >= 15 is 0 Å². The van der Waals surface area contributed by atoms with E-state index in [-0.39, 0.29) is 0 Å². The van der Waals surface area contributed by atoms with Gasteiger partial charge in [-0.1, -0.05) is 30.5 Å². The highest BCUT2D eigenvalue weighted by Crippen LogP contribution is 2.35. The first-order valence-electron chi connectivity index (χ1n) is 9.31. The van der Waals surface area contributed by atoms with Crippen molar-refractivity contribution in [2.24, 2.45) is 0 Å². The minimum atomic E-state index is 0.559. The van der Waals surface area contributed by atoms with E-state index in [2.05, 4.69) is 57.5 Å². The van der Waals surface area contributed by atoms with E-state index in [0.29, 0.717) is 6.04 Å². The Morgan fingerprint density at radius 1 is 1.19 bits per heavy atom. The Labute approximate surface area is 156 Å². The quantitative estimate of drug-likeness (QED) is 0.526. The number of rotatable bonds is 4. The molecule has 3 aromatic heterocycles. The molecule has 1 saturated carbocycles. The molecule has 0 bridgehead atoms. The topological polar surface area (TPSA) is 44.8 Å². The monoisotopic (exact) mass is 362 g/mol. The summed E-state index contributed by atoms with van der Waals surface area (Å²) < 4.78 is 0. The van der Waals surface area contributed by atoms with E-state index in [0.717, 1.165) is 28.9 Å². The molecule has 5 heteroatoms. The standard InChI is InChI=1S/C21H22N4S/c1-14-8-9-18-17(11-14)19-20(24-18)21(23-13-22-19)25(15-5-2-3-6-15)12-16-7-4-10-26-16/h4,7-11,13,15,24H,2-3,5-6,12H2,1H3. The Hall–Kier alpha value is -2.40. The summed E-state index contributed by atoms with van der Waals surface area (Å²) in [5.74, 6) is 1.05. The Balaban J connectivity index is 1.67. The Morgan fingerprint density at radius 3 is 2.88 bits per heavy atom. The van der Waals surface area contributed by atoms with E-state index in [1.54, 1.807) is 6.33 Å². The number of thiophene rings is 1. The van der Waals surface area contributed by atoms with Crippen LogP contribution in [0, 0.1) is 6.92 Å². The lowest BCUT2D eigenvalue weighted by Gasteiger charge is -2.30. The molecule has 0 amide bonds. The molecule has 0 saturated heterocycles. The molecule has 4 aromatic rings. The third-order valence-electron chi connectivity index (χ3n) is 5.46. The van der Waals surface area contributed by atoms with Gasteiger partial charge in [-0.25, -0.2) is 9.97 Å². The zero-order valence-corrected chi connectivity index (χ0v) is 15.7. The minimum absolute atomic E-state index is 0.559. The lowest BCUT2D eigenvalue weighted by molar-refractivity contribution is 0.602. The zero-order chi connectivity index (χ0) is 17.5. The molecule has 1 aromatic carbocycles. The number of anilines is 1. The molecule has 1 aliphatic carbocycles. The summed E-state index contributed by atoms with van der Waals surface area (Å²) in [5.41, 5.74) is 4.49. The Morgan fingerprint density at radius 2 is 2.08 bits per heavy atom. The number of fused-ring (bicyclic) bond motifs is 3. The van der Waals surface area contributed by atoms with E-state index in [1.807, 2.05) is 11.3 Å². The molecular weight excluding hydrogens is 340 g/mol. The number of aromatic amines is 1. The van der Waals surface area contributed by atoms with Crippen LogP contribution < -0.4 is 4.90 Å². The van der Waals surface area contributed by atoms with Gasteiger partial charge in [0, 0.05) is 21.8 Å². The predicted molar refractivity (Wildman–Crippen MR) is 109 cm³/mol. The average Bonchev–Trinajstić information content (AvgIpc) is 3.40. The molecule has 0 spiro atoms. The fourth-order valence-electron chi connectivity index (χ4n) is 4.17. The Kier molecular flexibility index (Phi) is 3.89. The van der Waals surface area contributed by atoms with Gasteiger partial charge in [0.1, 0.15) is 17.4 Å². The van der Waals surface area contributed by atoms with Gasteiger partial charge in [0.15, 0.2) is 5.82 Å². The second-order valence-electron chi connectivity index (χ2n) is 7.24. The summed E-state index contributed by atoms with van der Waals surface area (Å²) in [4.78, 5) is 16.8. The number of H-pyrrole nitrogens is 1. The summed E-state index contributed by atoms with van der Waals surface area (Å²) in [6.45, 7) is 3.05. The van der Waals surface area contributed by atoms with Crippen molar-refractivity contribution < 1.29 is 0 Å². The number of aromatic nitrogens is 3. The Bertz CT molecular complexity index is 1040.